The molecule has 120 valence electrons. The van der Waals surface area contributed by atoms with E-state index in [-0.39, 0.29) is 17.8 Å². The van der Waals surface area contributed by atoms with E-state index in [0.29, 0.717) is 19.6 Å². The van der Waals surface area contributed by atoms with Crippen LogP contribution in [0.3, 0.4) is 0 Å². The molecule has 1 rings (SSSR count). The second-order valence-electron chi connectivity index (χ2n) is 6.86. The fourth-order valence-corrected chi connectivity index (χ4v) is 2.25. The van der Waals surface area contributed by atoms with E-state index in [9.17, 15) is 14.4 Å². The SMILES string of the molecule is CC(C)Cn1c(=O)n(CC(C)C)c(=O)n(CC(C)C)c1=O. The van der Waals surface area contributed by atoms with Crippen LogP contribution in [0.4, 0.5) is 0 Å². The molecule has 0 bridgehead atoms. The average Bonchev–Trinajstić information content (AvgIpc) is 2.35. The second-order valence-corrected chi connectivity index (χ2v) is 6.86. The van der Waals surface area contributed by atoms with E-state index in [1.807, 2.05) is 41.5 Å². The lowest BCUT2D eigenvalue weighted by Crippen LogP contribution is -2.55. The summed E-state index contributed by atoms with van der Waals surface area (Å²) >= 11 is 0. The first-order valence-electron chi connectivity index (χ1n) is 7.59. The van der Waals surface area contributed by atoms with Crippen molar-refractivity contribution in [2.45, 2.75) is 61.2 Å². The highest BCUT2D eigenvalue weighted by Crippen LogP contribution is 1.97. The third-order valence-corrected chi connectivity index (χ3v) is 3.03. The highest BCUT2D eigenvalue weighted by atomic mass is 16.2. The first-order valence-corrected chi connectivity index (χ1v) is 7.59. The molecule has 0 aliphatic rings. The van der Waals surface area contributed by atoms with Crippen LogP contribution in [-0.4, -0.2) is 13.7 Å². The van der Waals surface area contributed by atoms with Crippen molar-refractivity contribution in [1.82, 2.24) is 13.7 Å². The molecule has 0 atom stereocenters. The Kier molecular flexibility index (Phi) is 5.75. The average molecular weight is 297 g/mol. The predicted molar refractivity (Wildman–Crippen MR) is 83.7 cm³/mol. The maximum Gasteiger partial charge on any atom is 0.336 e. The van der Waals surface area contributed by atoms with Crippen LogP contribution in [0.15, 0.2) is 14.4 Å². The molecule has 0 aliphatic carbocycles. The van der Waals surface area contributed by atoms with Crippen molar-refractivity contribution >= 4 is 0 Å². The molecule has 0 saturated carbocycles. The smallest absolute Gasteiger partial charge is 0.247 e. The van der Waals surface area contributed by atoms with Gasteiger partial charge in [0, 0.05) is 19.6 Å². The summed E-state index contributed by atoms with van der Waals surface area (Å²) in [5.41, 5.74) is -1.48. The molecule has 6 heteroatoms. The van der Waals surface area contributed by atoms with E-state index in [0.717, 1.165) is 0 Å². The molecule has 1 aromatic heterocycles. The van der Waals surface area contributed by atoms with Crippen molar-refractivity contribution in [3.8, 4) is 0 Å². The van der Waals surface area contributed by atoms with Crippen molar-refractivity contribution in [2.24, 2.45) is 17.8 Å². The van der Waals surface area contributed by atoms with Crippen molar-refractivity contribution in [3.05, 3.63) is 31.5 Å². The normalized spacial score (nSPS) is 11.9. The molecule has 0 aliphatic heterocycles. The molecule has 6 nitrogen and oxygen atoms in total. The molecular formula is C15H27N3O3. The predicted octanol–water partition coefficient (Wildman–Crippen LogP) is 1.14. The van der Waals surface area contributed by atoms with Gasteiger partial charge in [0.1, 0.15) is 0 Å². The summed E-state index contributed by atoms with van der Waals surface area (Å²) < 4.78 is 3.57. The number of hydrogen-bond acceptors (Lipinski definition) is 3. The summed E-state index contributed by atoms with van der Waals surface area (Å²) in [4.78, 5) is 37.3. The van der Waals surface area contributed by atoms with Crippen LogP contribution in [0.2, 0.25) is 0 Å². The molecule has 0 unspecified atom stereocenters. The van der Waals surface area contributed by atoms with Crippen LogP contribution in [-0.2, 0) is 19.6 Å². The summed E-state index contributed by atoms with van der Waals surface area (Å²) in [5, 5.41) is 0. The van der Waals surface area contributed by atoms with Crippen LogP contribution < -0.4 is 17.1 Å². The third kappa shape index (κ3) is 4.19. The zero-order valence-corrected chi connectivity index (χ0v) is 13.9. The highest BCUT2D eigenvalue weighted by Gasteiger charge is 2.17. The summed E-state index contributed by atoms with van der Waals surface area (Å²) in [6.45, 7) is 12.6. The van der Waals surface area contributed by atoms with Crippen LogP contribution in [0.5, 0.6) is 0 Å². The van der Waals surface area contributed by atoms with E-state index in [1.54, 1.807) is 0 Å². The van der Waals surface area contributed by atoms with Gasteiger partial charge in [0.25, 0.3) is 0 Å². The third-order valence-electron chi connectivity index (χ3n) is 3.03. The van der Waals surface area contributed by atoms with Gasteiger partial charge in [0.2, 0.25) is 0 Å². The van der Waals surface area contributed by atoms with Gasteiger partial charge in [-0.3, -0.25) is 0 Å². The fourth-order valence-electron chi connectivity index (χ4n) is 2.25. The van der Waals surface area contributed by atoms with Crippen LogP contribution in [0.1, 0.15) is 41.5 Å². The molecule has 0 N–H and O–H groups in total. The Morgan fingerprint density at radius 1 is 0.571 bits per heavy atom. The molecule has 0 amide bonds. The Morgan fingerprint density at radius 3 is 0.905 bits per heavy atom. The molecule has 0 saturated heterocycles. The monoisotopic (exact) mass is 297 g/mol. The lowest BCUT2D eigenvalue weighted by Gasteiger charge is -2.17. The van der Waals surface area contributed by atoms with Gasteiger partial charge in [-0.25, -0.2) is 28.1 Å². The van der Waals surface area contributed by atoms with Crippen molar-refractivity contribution < 1.29 is 0 Å². The van der Waals surface area contributed by atoms with E-state index in [1.165, 1.54) is 13.7 Å². The van der Waals surface area contributed by atoms with Crippen LogP contribution >= 0.6 is 0 Å². The molecule has 0 spiro atoms. The van der Waals surface area contributed by atoms with Gasteiger partial charge in [-0.1, -0.05) is 41.5 Å². The van der Waals surface area contributed by atoms with Gasteiger partial charge in [0.05, 0.1) is 0 Å². The number of hydrogen-bond donors (Lipinski definition) is 0. The lowest BCUT2D eigenvalue weighted by atomic mass is 10.2. The Morgan fingerprint density at radius 2 is 0.762 bits per heavy atom. The van der Waals surface area contributed by atoms with Gasteiger partial charge < -0.3 is 0 Å². The second kappa shape index (κ2) is 6.91. The minimum atomic E-state index is -0.493. The fraction of sp³-hybridized carbons (Fsp3) is 0.800. The molecule has 1 heterocycles. The van der Waals surface area contributed by atoms with Crippen LogP contribution in [0, 0.1) is 17.8 Å². The summed E-state index contributed by atoms with van der Waals surface area (Å²) in [6, 6.07) is 0. The Bertz CT molecular complexity index is 527. The first kappa shape index (κ1) is 17.5. The van der Waals surface area contributed by atoms with Gasteiger partial charge >= 0.3 is 17.1 Å². The molecule has 0 fully saturated rings. The van der Waals surface area contributed by atoms with Crippen LogP contribution in [0.25, 0.3) is 0 Å². The Hall–Kier alpha value is -1.59. The van der Waals surface area contributed by atoms with E-state index in [2.05, 4.69) is 0 Å². The molecular weight excluding hydrogens is 270 g/mol. The number of rotatable bonds is 6. The quantitative estimate of drug-likeness (QED) is 0.791. The van der Waals surface area contributed by atoms with Gasteiger partial charge in [-0.05, 0) is 17.8 Å². The molecule has 0 aromatic carbocycles. The maximum absolute atomic E-state index is 12.4. The minimum absolute atomic E-state index is 0.160. The lowest BCUT2D eigenvalue weighted by molar-refractivity contribution is 0.367. The van der Waals surface area contributed by atoms with E-state index >= 15 is 0 Å². The van der Waals surface area contributed by atoms with Crippen molar-refractivity contribution in [3.63, 3.8) is 0 Å². The van der Waals surface area contributed by atoms with Crippen molar-refractivity contribution in [1.29, 1.82) is 0 Å². The van der Waals surface area contributed by atoms with Crippen molar-refractivity contribution in [2.75, 3.05) is 0 Å². The number of aromatic nitrogens is 3. The standard InChI is InChI=1S/C15H27N3O3/c1-10(2)7-16-13(19)17(8-11(3)4)15(21)18(14(16)20)9-12(5)6/h10-12H,7-9H2,1-6H3. The van der Waals surface area contributed by atoms with Gasteiger partial charge in [-0.15, -0.1) is 0 Å². The topological polar surface area (TPSA) is 66.0 Å². The first-order chi connectivity index (χ1) is 9.65. The summed E-state index contributed by atoms with van der Waals surface area (Å²) in [5.74, 6) is 0.480. The maximum atomic E-state index is 12.4. The molecule has 0 radical (unpaired) electrons. The number of nitrogens with zero attached hydrogens (tertiary/aromatic N) is 3. The zero-order valence-electron chi connectivity index (χ0n) is 13.9. The van der Waals surface area contributed by atoms with E-state index in [4.69, 9.17) is 0 Å². The minimum Gasteiger partial charge on any atom is -0.247 e. The molecule has 1 aromatic rings. The summed E-state index contributed by atoms with van der Waals surface area (Å²) in [7, 11) is 0. The van der Waals surface area contributed by atoms with Gasteiger partial charge in [-0.2, -0.15) is 0 Å². The Labute approximate surface area is 125 Å². The largest absolute Gasteiger partial charge is 0.336 e. The Balaban J connectivity index is 3.62. The highest BCUT2D eigenvalue weighted by molar-refractivity contribution is 4.80. The summed E-state index contributed by atoms with van der Waals surface area (Å²) in [6.07, 6.45) is 0. The van der Waals surface area contributed by atoms with Gasteiger partial charge in [0.15, 0.2) is 0 Å². The molecule has 21 heavy (non-hydrogen) atoms. The van der Waals surface area contributed by atoms with E-state index < -0.39 is 17.1 Å². The zero-order chi connectivity index (χ0) is 16.3.